The largest absolute Gasteiger partial charge is 0.469 e. The number of aldehydes is 1. The van der Waals surface area contributed by atoms with Crippen LogP contribution in [0.5, 0.6) is 0 Å². The lowest BCUT2D eigenvalue weighted by Crippen LogP contribution is -2.37. The van der Waals surface area contributed by atoms with Gasteiger partial charge in [-0.3, -0.25) is 4.52 Å². The molecule has 0 aromatic rings. The van der Waals surface area contributed by atoms with E-state index < -0.39 is 32.8 Å². The number of halogens is 1. The summed E-state index contributed by atoms with van der Waals surface area (Å²) in [6, 6.07) is 0. The number of alkyl halides is 1. The lowest BCUT2D eigenvalue weighted by atomic mass is 10.1. The van der Waals surface area contributed by atoms with E-state index in [4.69, 9.17) is 20.0 Å². The molecule has 0 amide bonds. The average Bonchev–Trinajstić information content (AvgIpc) is 2.10. The Morgan fingerprint density at radius 1 is 1.43 bits per heavy atom. The number of hydrogen-bond acceptors (Lipinski definition) is 5. The molecule has 0 unspecified atom stereocenters. The van der Waals surface area contributed by atoms with Gasteiger partial charge in [-0.2, -0.15) is 0 Å². The van der Waals surface area contributed by atoms with Crippen LogP contribution in [0.2, 0.25) is 0 Å². The molecule has 0 rings (SSSR count). The molecule has 0 bridgehead atoms. The summed E-state index contributed by atoms with van der Waals surface area (Å²) in [5.74, 6) is 0. The summed E-state index contributed by atoms with van der Waals surface area (Å²) in [6.45, 7) is -1.02. The van der Waals surface area contributed by atoms with Crippen molar-refractivity contribution in [3.05, 3.63) is 0 Å². The maximum atomic E-state index is 12.7. The zero-order valence-electron chi connectivity index (χ0n) is 6.86. The number of hydrogen-bond donors (Lipinski definition) is 4. The Bertz CT molecular complexity index is 228. The molecule has 0 saturated heterocycles. The van der Waals surface area contributed by atoms with Gasteiger partial charge >= 0.3 is 7.82 Å². The molecule has 3 atom stereocenters. The predicted molar refractivity (Wildman–Crippen MR) is 41.0 cm³/mol. The van der Waals surface area contributed by atoms with Crippen molar-refractivity contribution in [2.75, 3.05) is 6.61 Å². The van der Waals surface area contributed by atoms with Gasteiger partial charge in [0.2, 0.25) is 0 Å². The molecule has 4 N–H and O–H groups in total. The number of rotatable bonds is 6. The average molecular weight is 232 g/mol. The van der Waals surface area contributed by atoms with Crippen LogP contribution in [-0.4, -0.2) is 51.3 Å². The number of aliphatic hydroxyl groups excluding tert-OH is 2. The standard InChI is InChI=1S/C5H10FO7P/c6-5(3(8)1-7)4(9)2-13-14(10,11)12/h1,3-5,8-9H,2H2,(H2,10,11,12)/t3-,4-,5+/m1/s1. The number of phosphoric ester groups is 1. The first-order valence-electron chi connectivity index (χ1n) is 3.43. The van der Waals surface area contributed by atoms with Gasteiger partial charge in [-0.1, -0.05) is 0 Å². The molecule has 0 aromatic heterocycles. The van der Waals surface area contributed by atoms with Crippen molar-refractivity contribution in [1.29, 1.82) is 0 Å². The highest BCUT2D eigenvalue weighted by molar-refractivity contribution is 7.46. The molecular weight excluding hydrogens is 222 g/mol. The first kappa shape index (κ1) is 13.6. The van der Waals surface area contributed by atoms with Crippen LogP contribution in [0.4, 0.5) is 4.39 Å². The van der Waals surface area contributed by atoms with E-state index in [1.54, 1.807) is 0 Å². The van der Waals surface area contributed by atoms with Gasteiger partial charge in [-0.15, -0.1) is 0 Å². The summed E-state index contributed by atoms with van der Waals surface area (Å²) in [6.07, 6.45) is -6.53. The molecule has 7 nitrogen and oxygen atoms in total. The fourth-order valence-electron chi connectivity index (χ4n) is 0.568. The molecular formula is C5H10FO7P. The van der Waals surface area contributed by atoms with Gasteiger partial charge in [0.05, 0.1) is 6.61 Å². The Kier molecular flexibility index (Phi) is 5.35. The number of carbonyl (C=O) groups is 1. The van der Waals surface area contributed by atoms with Gasteiger partial charge in [-0.25, -0.2) is 8.96 Å². The highest BCUT2D eigenvalue weighted by Crippen LogP contribution is 2.35. The molecule has 0 aromatic carbocycles. The van der Waals surface area contributed by atoms with Crippen LogP contribution in [0.15, 0.2) is 0 Å². The third-order valence-electron chi connectivity index (χ3n) is 1.25. The van der Waals surface area contributed by atoms with E-state index in [-0.39, 0.29) is 6.29 Å². The fourth-order valence-corrected chi connectivity index (χ4v) is 0.915. The van der Waals surface area contributed by atoms with E-state index in [2.05, 4.69) is 4.52 Å². The molecule has 0 saturated carbocycles. The van der Waals surface area contributed by atoms with Crippen LogP contribution in [-0.2, 0) is 13.9 Å². The van der Waals surface area contributed by atoms with Gasteiger partial charge in [0.25, 0.3) is 0 Å². The molecule has 0 aliphatic carbocycles. The first-order valence-corrected chi connectivity index (χ1v) is 4.96. The van der Waals surface area contributed by atoms with Gasteiger partial charge in [0.1, 0.15) is 12.2 Å². The lowest BCUT2D eigenvalue weighted by Gasteiger charge is -2.17. The number of aliphatic hydroxyl groups is 2. The third-order valence-corrected chi connectivity index (χ3v) is 1.73. The minimum atomic E-state index is -4.79. The van der Waals surface area contributed by atoms with Crippen LogP contribution < -0.4 is 0 Å². The summed E-state index contributed by atoms with van der Waals surface area (Å²) in [7, 11) is -4.79. The molecule has 14 heavy (non-hydrogen) atoms. The zero-order chi connectivity index (χ0) is 11.4. The van der Waals surface area contributed by atoms with E-state index in [0.29, 0.717) is 0 Å². The van der Waals surface area contributed by atoms with Gasteiger partial charge < -0.3 is 24.8 Å². The Morgan fingerprint density at radius 3 is 2.29 bits per heavy atom. The normalized spacial score (nSPS) is 18.6. The topological polar surface area (TPSA) is 124 Å². The fraction of sp³-hybridized carbons (Fsp3) is 0.800. The monoisotopic (exact) mass is 232 g/mol. The van der Waals surface area contributed by atoms with E-state index in [1.165, 1.54) is 0 Å². The van der Waals surface area contributed by atoms with E-state index in [9.17, 15) is 13.8 Å². The summed E-state index contributed by atoms with van der Waals surface area (Å²) in [4.78, 5) is 26.2. The van der Waals surface area contributed by atoms with Crippen molar-refractivity contribution in [2.24, 2.45) is 0 Å². The maximum absolute atomic E-state index is 12.7. The molecule has 0 heterocycles. The second-order valence-electron chi connectivity index (χ2n) is 2.42. The molecule has 9 heteroatoms. The van der Waals surface area contributed by atoms with Gasteiger partial charge in [0.15, 0.2) is 12.5 Å². The van der Waals surface area contributed by atoms with E-state index in [0.717, 1.165) is 0 Å². The zero-order valence-corrected chi connectivity index (χ0v) is 7.75. The Labute approximate surface area is 78.4 Å². The SMILES string of the molecule is O=C[C@@H](O)[C@H](F)[C@H](O)COP(=O)(O)O. The van der Waals surface area contributed by atoms with Crippen LogP contribution in [0.25, 0.3) is 0 Å². The third kappa shape index (κ3) is 5.38. The molecule has 0 fully saturated rings. The minimum Gasteiger partial charge on any atom is -0.388 e. The quantitative estimate of drug-likeness (QED) is 0.319. The van der Waals surface area contributed by atoms with E-state index >= 15 is 0 Å². The smallest absolute Gasteiger partial charge is 0.388 e. The first-order chi connectivity index (χ1) is 6.28. The van der Waals surface area contributed by atoms with Crippen molar-refractivity contribution < 1.29 is 38.3 Å². The van der Waals surface area contributed by atoms with Gasteiger partial charge in [0, 0.05) is 0 Å². The minimum absolute atomic E-state index is 0.147. The lowest BCUT2D eigenvalue weighted by molar-refractivity contribution is -0.121. The maximum Gasteiger partial charge on any atom is 0.469 e. The van der Waals surface area contributed by atoms with Crippen molar-refractivity contribution in [2.45, 2.75) is 18.4 Å². The summed E-state index contributed by atoms with van der Waals surface area (Å²) in [5, 5.41) is 17.4. The van der Waals surface area contributed by atoms with Gasteiger partial charge in [-0.05, 0) is 0 Å². The van der Waals surface area contributed by atoms with Crippen molar-refractivity contribution in [1.82, 2.24) is 0 Å². The van der Waals surface area contributed by atoms with Crippen LogP contribution in [0.1, 0.15) is 0 Å². The van der Waals surface area contributed by atoms with Crippen molar-refractivity contribution in [3.63, 3.8) is 0 Å². The second kappa shape index (κ2) is 5.50. The second-order valence-corrected chi connectivity index (χ2v) is 3.66. The molecule has 84 valence electrons. The van der Waals surface area contributed by atoms with Crippen molar-refractivity contribution >= 4 is 14.1 Å². The highest BCUT2D eigenvalue weighted by atomic mass is 31.2. The highest BCUT2D eigenvalue weighted by Gasteiger charge is 2.28. The summed E-state index contributed by atoms with van der Waals surface area (Å²) >= 11 is 0. The number of carbonyl (C=O) groups excluding carboxylic acids is 1. The van der Waals surface area contributed by atoms with Crippen molar-refractivity contribution in [3.8, 4) is 0 Å². The Hall–Kier alpha value is -0.370. The summed E-state index contributed by atoms with van der Waals surface area (Å²) in [5.41, 5.74) is 0. The predicted octanol–water partition coefficient (Wildman–Crippen LogP) is -1.65. The van der Waals surface area contributed by atoms with Crippen LogP contribution in [0.3, 0.4) is 0 Å². The Balaban J connectivity index is 4.02. The molecule has 0 radical (unpaired) electrons. The Morgan fingerprint density at radius 2 is 1.93 bits per heavy atom. The van der Waals surface area contributed by atoms with Crippen LogP contribution >= 0.6 is 7.82 Å². The molecule has 0 spiro atoms. The van der Waals surface area contributed by atoms with E-state index in [1.807, 2.05) is 0 Å². The summed E-state index contributed by atoms with van der Waals surface area (Å²) < 4.78 is 26.6. The molecule has 0 aliphatic heterocycles. The molecule has 0 aliphatic rings. The number of phosphoric acid groups is 1. The van der Waals surface area contributed by atoms with Crippen LogP contribution in [0, 0.1) is 0 Å².